The number of hydrogen-bond acceptors (Lipinski definition) is 3. The number of ketones is 1. The highest BCUT2D eigenvalue weighted by Gasteiger charge is 2.38. The highest BCUT2D eigenvalue weighted by molar-refractivity contribution is 6.03. The molecule has 3 nitrogen and oxygen atoms in total. The normalized spacial score (nSPS) is 18.3. The molecule has 2 rings (SSSR count). The van der Waals surface area contributed by atoms with Crippen molar-refractivity contribution in [1.82, 2.24) is 0 Å². The standard InChI is InChI=1S/C13H14F3NO2/c14-13(15,16)19-10-5-3-4-9(8-10)11(18)12(17)6-1-2-7-12/h3-5,8H,1-2,6-7,17H2. The van der Waals surface area contributed by atoms with Crippen LogP contribution in [0.5, 0.6) is 5.75 Å². The molecule has 0 aromatic heterocycles. The summed E-state index contributed by atoms with van der Waals surface area (Å²) in [6, 6.07) is 5.05. The van der Waals surface area contributed by atoms with Gasteiger partial charge in [0.2, 0.25) is 0 Å². The van der Waals surface area contributed by atoms with Crippen LogP contribution in [0.25, 0.3) is 0 Å². The first-order valence-electron chi connectivity index (χ1n) is 6.00. The number of hydrogen-bond donors (Lipinski definition) is 1. The molecule has 0 aliphatic heterocycles. The van der Waals surface area contributed by atoms with Crippen LogP contribution in [0, 0.1) is 0 Å². The maximum absolute atomic E-state index is 12.2. The molecule has 0 spiro atoms. The summed E-state index contributed by atoms with van der Waals surface area (Å²) >= 11 is 0. The van der Waals surface area contributed by atoms with E-state index in [1.807, 2.05) is 0 Å². The van der Waals surface area contributed by atoms with E-state index in [2.05, 4.69) is 4.74 Å². The first-order chi connectivity index (χ1) is 8.80. The zero-order valence-electron chi connectivity index (χ0n) is 10.2. The lowest BCUT2D eigenvalue weighted by Crippen LogP contribution is -2.45. The molecule has 0 unspecified atom stereocenters. The van der Waals surface area contributed by atoms with Gasteiger partial charge < -0.3 is 10.5 Å². The summed E-state index contributed by atoms with van der Waals surface area (Å²) in [5.74, 6) is -0.724. The second-order valence-electron chi connectivity index (χ2n) is 4.77. The van der Waals surface area contributed by atoms with Crippen molar-refractivity contribution in [3.63, 3.8) is 0 Å². The second-order valence-corrected chi connectivity index (χ2v) is 4.77. The van der Waals surface area contributed by atoms with Crippen molar-refractivity contribution in [2.24, 2.45) is 5.73 Å². The molecule has 1 aromatic rings. The number of ether oxygens (including phenoxy) is 1. The first kappa shape index (κ1) is 13.9. The summed E-state index contributed by atoms with van der Waals surface area (Å²) in [5.41, 5.74) is 5.21. The van der Waals surface area contributed by atoms with Crippen LogP contribution >= 0.6 is 0 Å². The van der Waals surface area contributed by atoms with E-state index >= 15 is 0 Å². The Bertz CT molecular complexity index is 479. The zero-order valence-corrected chi connectivity index (χ0v) is 10.2. The van der Waals surface area contributed by atoms with Crippen LogP contribution in [0.3, 0.4) is 0 Å². The maximum atomic E-state index is 12.2. The molecule has 1 aliphatic rings. The molecule has 1 aromatic carbocycles. The zero-order chi connectivity index (χ0) is 14.1. The number of halogens is 3. The molecule has 0 atom stereocenters. The van der Waals surface area contributed by atoms with Gasteiger partial charge in [0.25, 0.3) is 0 Å². The van der Waals surface area contributed by atoms with Crippen LogP contribution in [0.4, 0.5) is 13.2 Å². The van der Waals surface area contributed by atoms with Gasteiger partial charge in [0.05, 0.1) is 5.54 Å². The van der Waals surface area contributed by atoms with Crippen LogP contribution in [0.2, 0.25) is 0 Å². The highest BCUT2D eigenvalue weighted by atomic mass is 19.4. The third-order valence-electron chi connectivity index (χ3n) is 3.28. The molecule has 1 saturated carbocycles. The van der Waals surface area contributed by atoms with Crippen LogP contribution in [-0.4, -0.2) is 17.7 Å². The minimum Gasteiger partial charge on any atom is -0.406 e. The van der Waals surface area contributed by atoms with Gasteiger partial charge in [-0.05, 0) is 25.0 Å². The highest BCUT2D eigenvalue weighted by Crippen LogP contribution is 2.31. The van der Waals surface area contributed by atoms with Gasteiger partial charge in [0.15, 0.2) is 5.78 Å². The lowest BCUT2D eigenvalue weighted by molar-refractivity contribution is -0.274. The molecule has 0 saturated heterocycles. The van der Waals surface area contributed by atoms with Crippen molar-refractivity contribution in [2.45, 2.75) is 37.6 Å². The predicted octanol–water partition coefficient (Wildman–Crippen LogP) is 3.04. The second kappa shape index (κ2) is 4.85. The Kier molecular flexibility index (Phi) is 3.54. The van der Waals surface area contributed by atoms with E-state index in [-0.39, 0.29) is 11.3 Å². The fourth-order valence-corrected chi connectivity index (χ4v) is 2.35. The minimum atomic E-state index is -4.77. The topological polar surface area (TPSA) is 52.3 Å². The maximum Gasteiger partial charge on any atom is 0.573 e. The fourth-order valence-electron chi connectivity index (χ4n) is 2.35. The molecular weight excluding hydrogens is 259 g/mol. The number of nitrogens with two attached hydrogens (primary N) is 1. The van der Waals surface area contributed by atoms with Gasteiger partial charge in [-0.3, -0.25) is 4.79 Å². The Labute approximate surface area is 108 Å². The SMILES string of the molecule is NC1(C(=O)c2cccc(OC(F)(F)F)c2)CCCC1. The molecule has 6 heteroatoms. The van der Waals surface area contributed by atoms with E-state index in [0.29, 0.717) is 12.8 Å². The van der Waals surface area contributed by atoms with Crippen molar-refractivity contribution in [2.75, 3.05) is 0 Å². The van der Waals surface area contributed by atoms with Gasteiger partial charge in [0, 0.05) is 5.56 Å². The minimum absolute atomic E-state index is 0.158. The lowest BCUT2D eigenvalue weighted by atomic mass is 9.89. The van der Waals surface area contributed by atoms with Gasteiger partial charge in [-0.2, -0.15) is 0 Å². The van der Waals surface area contributed by atoms with E-state index < -0.39 is 17.7 Å². The monoisotopic (exact) mass is 273 g/mol. The summed E-state index contributed by atoms with van der Waals surface area (Å²) in [6.45, 7) is 0. The molecule has 19 heavy (non-hydrogen) atoms. The van der Waals surface area contributed by atoms with Crippen molar-refractivity contribution in [1.29, 1.82) is 0 Å². The van der Waals surface area contributed by atoms with Crippen molar-refractivity contribution < 1.29 is 22.7 Å². The first-order valence-corrected chi connectivity index (χ1v) is 6.00. The number of alkyl halides is 3. The average molecular weight is 273 g/mol. The van der Waals surface area contributed by atoms with Crippen LogP contribution < -0.4 is 10.5 Å². The lowest BCUT2D eigenvalue weighted by Gasteiger charge is -2.22. The number of carbonyl (C=O) groups excluding carboxylic acids is 1. The number of Topliss-reactive ketones (excluding diaryl/α,β-unsaturated/α-hetero) is 1. The fraction of sp³-hybridized carbons (Fsp3) is 0.462. The summed E-state index contributed by atoms with van der Waals surface area (Å²) in [4.78, 5) is 12.2. The molecule has 0 amide bonds. The quantitative estimate of drug-likeness (QED) is 0.861. The largest absolute Gasteiger partial charge is 0.573 e. The van der Waals surface area contributed by atoms with Gasteiger partial charge in [-0.15, -0.1) is 13.2 Å². The van der Waals surface area contributed by atoms with Crippen molar-refractivity contribution >= 4 is 5.78 Å². The van der Waals surface area contributed by atoms with Gasteiger partial charge in [-0.25, -0.2) is 0 Å². The molecule has 0 heterocycles. The Morgan fingerprint density at radius 1 is 1.26 bits per heavy atom. The third kappa shape index (κ3) is 3.26. The van der Waals surface area contributed by atoms with Crippen LogP contribution in [0.15, 0.2) is 24.3 Å². The van der Waals surface area contributed by atoms with Gasteiger partial charge >= 0.3 is 6.36 Å². The Balaban J connectivity index is 2.21. The molecule has 0 bridgehead atoms. The van der Waals surface area contributed by atoms with E-state index in [1.54, 1.807) is 0 Å². The summed E-state index contributed by atoms with van der Waals surface area (Å²) in [6.07, 6.45) is -1.91. The molecule has 2 N–H and O–H groups in total. The molecule has 1 fully saturated rings. The third-order valence-corrected chi connectivity index (χ3v) is 3.28. The van der Waals surface area contributed by atoms with E-state index in [0.717, 1.165) is 25.0 Å². The molecule has 1 aliphatic carbocycles. The number of benzene rings is 1. The molecule has 0 radical (unpaired) electrons. The van der Waals surface area contributed by atoms with Crippen molar-refractivity contribution in [3.8, 4) is 5.75 Å². The van der Waals surface area contributed by atoms with E-state index in [9.17, 15) is 18.0 Å². The number of rotatable bonds is 3. The van der Waals surface area contributed by atoms with E-state index in [4.69, 9.17) is 5.73 Å². The Morgan fingerprint density at radius 3 is 2.47 bits per heavy atom. The van der Waals surface area contributed by atoms with Crippen LogP contribution in [-0.2, 0) is 0 Å². The summed E-state index contributed by atoms with van der Waals surface area (Å²) < 4.78 is 40.2. The molecular formula is C13H14F3NO2. The Morgan fingerprint density at radius 2 is 1.89 bits per heavy atom. The number of carbonyl (C=O) groups is 1. The smallest absolute Gasteiger partial charge is 0.406 e. The van der Waals surface area contributed by atoms with Crippen LogP contribution in [0.1, 0.15) is 36.0 Å². The summed E-state index contributed by atoms with van der Waals surface area (Å²) in [7, 11) is 0. The Hall–Kier alpha value is -1.56. The summed E-state index contributed by atoms with van der Waals surface area (Å²) in [5, 5.41) is 0. The molecule has 104 valence electrons. The van der Waals surface area contributed by atoms with E-state index in [1.165, 1.54) is 12.1 Å². The van der Waals surface area contributed by atoms with Gasteiger partial charge in [-0.1, -0.05) is 25.0 Å². The van der Waals surface area contributed by atoms with Gasteiger partial charge in [0.1, 0.15) is 5.75 Å². The average Bonchev–Trinajstić information content (AvgIpc) is 2.74. The predicted molar refractivity (Wildman–Crippen MR) is 62.8 cm³/mol. The van der Waals surface area contributed by atoms with Crippen molar-refractivity contribution in [3.05, 3.63) is 29.8 Å².